The average molecular weight is 397 g/mol. The van der Waals surface area contributed by atoms with Gasteiger partial charge in [0.1, 0.15) is 12.2 Å². The molecule has 1 heterocycles. The van der Waals surface area contributed by atoms with Gasteiger partial charge in [-0.25, -0.2) is 0 Å². The maximum absolute atomic E-state index is 12.7. The summed E-state index contributed by atoms with van der Waals surface area (Å²) in [6.45, 7) is 4.37. The van der Waals surface area contributed by atoms with Crippen molar-refractivity contribution in [1.29, 1.82) is 0 Å². The van der Waals surface area contributed by atoms with Crippen molar-refractivity contribution in [2.45, 2.75) is 33.1 Å². The number of carbonyl (C=O) groups excluding carboxylic acids is 2. The first-order valence-corrected chi connectivity index (χ1v) is 9.28. The monoisotopic (exact) mass is 396 g/mol. The molecule has 0 spiro atoms. The number of hydrogen-bond donors (Lipinski definition) is 2. The van der Waals surface area contributed by atoms with Crippen molar-refractivity contribution in [3.05, 3.63) is 45.7 Å². The Balaban J connectivity index is 2.05. The van der Waals surface area contributed by atoms with Crippen LogP contribution in [0.3, 0.4) is 0 Å². The van der Waals surface area contributed by atoms with E-state index in [0.29, 0.717) is 28.0 Å². The van der Waals surface area contributed by atoms with Crippen molar-refractivity contribution < 1.29 is 9.59 Å². The predicted molar refractivity (Wildman–Crippen MR) is 104 cm³/mol. The van der Waals surface area contributed by atoms with Gasteiger partial charge in [0.05, 0.1) is 10.7 Å². The van der Waals surface area contributed by atoms with Crippen LogP contribution >= 0.6 is 23.2 Å². The summed E-state index contributed by atoms with van der Waals surface area (Å²) < 4.78 is 0. The molecule has 6 nitrogen and oxygen atoms in total. The van der Waals surface area contributed by atoms with Gasteiger partial charge in [-0.15, -0.1) is 0 Å². The number of anilines is 1. The summed E-state index contributed by atoms with van der Waals surface area (Å²) in [6.07, 6.45) is 2.51. The molecule has 0 aliphatic carbocycles. The third-order valence-electron chi connectivity index (χ3n) is 3.69. The molecule has 0 radical (unpaired) electrons. The average Bonchev–Trinajstić information content (AvgIpc) is 3.05. The Labute approximate surface area is 162 Å². The van der Waals surface area contributed by atoms with Crippen molar-refractivity contribution >= 4 is 40.7 Å². The Bertz CT molecular complexity index is 776. The van der Waals surface area contributed by atoms with Crippen molar-refractivity contribution in [2.24, 2.45) is 0 Å². The summed E-state index contributed by atoms with van der Waals surface area (Å²) in [5.74, 6) is -0.608. The van der Waals surface area contributed by atoms with Gasteiger partial charge >= 0.3 is 0 Å². The maximum atomic E-state index is 12.7. The molecule has 8 heteroatoms. The second-order valence-corrected chi connectivity index (χ2v) is 6.77. The first-order valence-electron chi connectivity index (χ1n) is 8.53. The lowest BCUT2D eigenvalue weighted by atomic mass is 10.2. The van der Waals surface area contributed by atoms with E-state index >= 15 is 0 Å². The van der Waals surface area contributed by atoms with Crippen LogP contribution in [0.15, 0.2) is 24.3 Å². The number of benzene rings is 1. The van der Waals surface area contributed by atoms with Crippen LogP contribution < -0.4 is 5.32 Å². The van der Waals surface area contributed by atoms with Crippen LogP contribution in [0.5, 0.6) is 0 Å². The normalized spacial score (nSPS) is 10.6. The van der Waals surface area contributed by atoms with Crippen molar-refractivity contribution in [3.63, 3.8) is 0 Å². The molecule has 0 saturated carbocycles. The van der Waals surface area contributed by atoms with Gasteiger partial charge in [0.15, 0.2) is 0 Å². The zero-order valence-corrected chi connectivity index (χ0v) is 16.3. The molecule has 2 rings (SSSR count). The third-order valence-corrected chi connectivity index (χ3v) is 4.24. The van der Waals surface area contributed by atoms with Gasteiger partial charge in [-0.2, -0.15) is 5.10 Å². The highest BCUT2D eigenvalue weighted by atomic mass is 35.5. The number of nitrogens with zero attached hydrogens (tertiary/aromatic N) is 2. The van der Waals surface area contributed by atoms with Crippen LogP contribution in [0.1, 0.15) is 42.9 Å². The maximum Gasteiger partial charge on any atom is 0.274 e. The number of H-pyrrole nitrogens is 1. The van der Waals surface area contributed by atoms with E-state index in [4.69, 9.17) is 23.2 Å². The molecule has 0 aliphatic rings. The molecule has 2 N–H and O–H groups in total. The van der Waals surface area contributed by atoms with E-state index in [2.05, 4.69) is 22.4 Å². The third kappa shape index (κ3) is 5.47. The smallest absolute Gasteiger partial charge is 0.274 e. The molecule has 0 fully saturated rings. The Kier molecular flexibility index (Phi) is 7.48. The number of nitrogens with one attached hydrogen (secondary N) is 2. The van der Waals surface area contributed by atoms with Crippen LogP contribution in [-0.2, 0) is 11.2 Å². The zero-order chi connectivity index (χ0) is 19.1. The lowest BCUT2D eigenvalue weighted by molar-refractivity contribution is -0.116. The molecule has 0 atom stereocenters. The molecule has 0 saturated heterocycles. The molecule has 26 heavy (non-hydrogen) atoms. The Morgan fingerprint density at radius 2 is 1.96 bits per heavy atom. The van der Waals surface area contributed by atoms with Crippen LogP contribution in [0.25, 0.3) is 0 Å². The number of aromatic amines is 1. The van der Waals surface area contributed by atoms with Gasteiger partial charge in [0.25, 0.3) is 5.91 Å². The van der Waals surface area contributed by atoms with Crippen molar-refractivity contribution in [3.8, 4) is 0 Å². The number of carbonyl (C=O) groups is 2. The topological polar surface area (TPSA) is 78.1 Å². The summed E-state index contributed by atoms with van der Waals surface area (Å²) in [5, 5.41) is 10.5. The second-order valence-electron chi connectivity index (χ2n) is 5.93. The van der Waals surface area contributed by atoms with E-state index in [1.54, 1.807) is 24.3 Å². The molecule has 1 aromatic carbocycles. The van der Waals surface area contributed by atoms with Crippen LogP contribution in [0, 0.1) is 0 Å². The van der Waals surface area contributed by atoms with Gasteiger partial charge in [0, 0.05) is 17.3 Å². The minimum absolute atomic E-state index is 0.0817. The molecular weight excluding hydrogens is 375 g/mol. The van der Waals surface area contributed by atoms with Crippen LogP contribution in [0.2, 0.25) is 10.0 Å². The number of hydrogen-bond acceptors (Lipinski definition) is 3. The van der Waals surface area contributed by atoms with Crippen LogP contribution in [0.4, 0.5) is 5.69 Å². The second kappa shape index (κ2) is 9.59. The summed E-state index contributed by atoms with van der Waals surface area (Å²) in [5.41, 5.74) is 1.68. The lowest BCUT2D eigenvalue weighted by Crippen LogP contribution is -2.38. The van der Waals surface area contributed by atoms with Gasteiger partial charge in [-0.3, -0.25) is 14.7 Å². The molecule has 0 aliphatic heterocycles. The zero-order valence-electron chi connectivity index (χ0n) is 14.8. The summed E-state index contributed by atoms with van der Waals surface area (Å²) >= 11 is 11.9. The first-order chi connectivity index (χ1) is 12.4. The highest BCUT2D eigenvalue weighted by Crippen LogP contribution is 2.25. The molecule has 2 aromatic rings. The van der Waals surface area contributed by atoms with Gasteiger partial charge in [-0.1, -0.05) is 43.5 Å². The number of amides is 2. The SMILES string of the molecule is CCCc1cc(C(=O)N(CCC)CC(=O)Nc2ccc(Cl)cc2Cl)n[nH]1. The fourth-order valence-electron chi connectivity index (χ4n) is 2.51. The van der Waals surface area contributed by atoms with Crippen LogP contribution in [-0.4, -0.2) is 40.0 Å². The van der Waals surface area contributed by atoms with E-state index in [1.165, 1.54) is 4.90 Å². The lowest BCUT2D eigenvalue weighted by Gasteiger charge is -2.20. The highest BCUT2D eigenvalue weighted by molar-refractivity contribution is 6.36. The van der Waals surface area contributed by atoms with E-state index < -0.39 is 0 Å². The molecule has 0 bridgehead atoms. The van der Waals surface area contributed by atoms with Crippen molar-refractivity contribution in [1.82, 2.24) is 15.1 Å². The van der Waals surface area contributed by atoms with Gasteiger partial charge in [-0.05, 0) is 37.1 Å². The quantitative estimate of drug-likeness (QED) is 0.702. The Hall–Kier alpha value is -2.05. The Morgan fingerprint density at radius 1 is 1.19 bits per heavy atom. The number of rotatable bonds is 8. The van der Waals surface area contributed by atoms with E-state index in [9.17, 15) is 9.59 Å². The fraction of sp³-hybridized carbons (Fsp3) is 0.389. The number of aromatic nitrogens is 2. The molecule has 140 valence electrons. The van der Waals surface area contributed by atoms with E-state index in [0.717, 1.165) is 25.0 Å². The molecule has 0 unspecified atom stereocenters. The first kappa shape index (κ1) is 20.3. The minimum Gasteiger partial charge on any atom is -0.328 e. The fourth-order valence-corrected chi connectivity index (χ4v) is 2.96. The van der Waals surface area contributed by atoms with Crippen molar-refractivity contribution in [2.75, 3.05) is 18.4 Å². The number of aryl methyl sites for hydroxylation is 1. The molecular formula is C18H22Cl2N4O2. The molecule has 1 aromatic heterocycles. The summed E-state index contributed by atoms with van der Waals surface area (Å²) in [6, 6.07) is 6.55. The Morgan fingerprint density at radius 3 is 2.62 bits per heavy atom. The summed E-state index contributed by atoms with van der Waals surface area (Å²) in [4.78, 5) is 26.5. The molecule has 2 amide bonds. The van der Waals surface area contributed by atoms with E-state index in [1.807, 2.05) is 6.92 Å². The standard InChI is InChI=1S/C18H22Cl2N4O2/c1-3-5-13-10-16(23-22-13)18(26)24(8-4-2)11-17(25)21-15-7-6-12(19)9-14(15)20/h6-7,9-10H,3-5,8,11H2,1-2H3,(H,21,25)(H,22,23). The summed E-state index contributed by atoms with van der Waals surface area (Å²) in [7, 11) is 0. The largest absolute Gasteiger partial charge is 0.328 e. The van der Waals surface area contributed by atoms with E-state index in [-0.39, 0.29) is 18.4 Å². The highest BCUT2D eigenvalue weighted by Gasteiger charge is 2.21. The number of halogens is 2. The van der Waals surface area contributed by atoms with Gasteiger partial charge in [0.2, 0.25) is 5.91 Å². The predicted octanol–water partition coefficient (Wildman–Crippen LogP) is 4.16. The minimum atomic E-state index is -0.333. The van der Waals surface area contributed by atoms with Gasteiger partial charge < -0.3 is 10.2 Å².